The van der Waals surface area contributed by atoms with Crippen molar-refractivity contribution in [3.05, 3.63) is 41.5 Å². The number of hydrogen-bond acceptors (Lipinski definition) is 2. The van der Waals surface area contributed by atoms with E-state index >= 15 is 0 Å². The Morgan fingerprint density at radius 2 is 1.67 bits per heavy atom. The topological polar surface area (TPSA) is 23.6 Å². The number of amides is 1. The number of nitrogens with zero attached hydrogens (tertiary/aromatic N) is 2. The van der Waals surface area contributed by atoms with Crippen molar-refractivity contribution >= 4 is 11.6 Å². The van der Waals surface area contributed by atoms with Gasteiger partial charge in [-0.05, 0) is 51.1 Å². The molecule has 1 aromatic carbocycles. The monoisotopic (exact) mass is 288 g/mol. The fourth-order valence-electron chi connectivity index (χ4n) is 2.58. The molecule has 21 heavy (non-hydrogen) atoms. The summed E-state index contributed by atoms with van der Waals surface area (Å²) in [5, 5.41) is 0. The van der Waals surface area contributed by atoms with Gasteiger partial charge in [0.25, 0.3) is 5.91 Å². The number of hydrogen-bond donors (Lipinski definition) is 0. The molecule has 0 aliphatic heterocycles. The quantitative estimate of drug-likeness (QED) is 0.716. The van der Waals surface area contributed by atoms with E-state index in [4.69, 9.17) is 0 Å². The fraction of sp³-hybridized carbons (Fsp3) is 0.500. The normalized spacial score (nSPS) is 11.3. The number of carbonyl (C=O) groups excluding carboxylic acids is 1. The van der Waals surface area contributed by atoms with Crippen LogP contribution in [0.3, 0.4) is 0 Å². The van der Waals surface area contributed by atoms with E-state index < -0.39 is 0 Å². The van der Waals surface area contributed by atoms with Crippen LogP contribution < -0.4 is 4.90 Å². The van der Waals surface area contributed by atoms with Gasteiger partial charge in [-0.25, -0.2) is 0 Å². The summed E-state index contributed by atoms with van der Waals surface area (Å²) in [6.45, 7) is 13.9. The van der Waals surface area contributed by atoms with Gasteiger partial charge < -0.3 is 9.80 Å². The van der Waals surface area contributed by atoms with Crippen molar-refractivity contribution < 1.29 is 4.79 Å². The molecule has 0 saturated carbocycles. The Morgan fingerprint density at radius 3 is 2.14 bits per heavy atom. The third-order valence-electron chi connectivity index (χ3n) is 3.82. The molecule has 0 bridgehead atoms. The Morgan fingerprint density at radius 1 is 1.10 bits per heavy atom. The van der Waals surface area contributed by atoms with Crippen LogP contribution in [0.1, 0.15) is 31.9 Å². The minimum Gasteiger partial charge on any atom is -0.307 e. The molecule has 0 fully saturated rings. The first-order valence-electron chi connectivity index (χ1n) is 7.77. The number of allylic oxidation sites excluding steroid dienone is 1. The summed E-state index contributed by atoms with van der Waals surface area (Å²) in [5.74, 6) is 0.0575. The predicted octanol–water partition coefficient (Wildman–Crippen LogP) is 3.55. The number of rotatable bonds is 7. The van der Waals surface area contributed by atoms with Crippen LogP contribution in [0.25, 0.3) is 0 Å². The molecule has 0 radical (unpaired) electrons. The second-order valence-electron chi connectivity index (χ2n) is 5.26. The molecule has 0 saturated heterocycles. The van der Waals surface area contributed by atoms with Gasteiger partial charge in [0, 0.05) is 18.8 Å². The van der Waals surface area contributed by atoms with Crippen molar-refractivity contribution in [1.82, 2.24) is 4.90 Å². The molecule has 0 aliphatic rings. The average molecular weight is 288 g/mol. The van der Waals surface area contributed by atoms with Gasteiger partial charge in [-0.1, -0.05) is 38.1 Å². The maximum absolute atomic E-state index is 12.5. The molecule has 0 spiro atoms. The molecule has 0 atom stereocenters. The Labute approximate surface area is 129 Å². The van der Waals surface area contributed by atoms with E-state index in [2.05, 4.69) is 44.7 Å². The van der Waals surface area contributed by atoms with Gasteiger partial charge in [-0.3, -0.25) is 4.79 Å². The third-order valence-corrected chi connectivity index (χ3v) is 3.82. The lowest BCUT2D eigenvalue weighted by Crippen LogP contribution is -2.38. The summed E-state index contributed by atoms with van der Waals surface area (Å²) in [6.07, 6.45) is 3.45. The molecule has 1 aromatic rings. The van der Waals surface area contributed by atoms with Gasteiger partial charge in [0.2, 0.25) is 0 Å². The first-order valence-corrected chi connectivity index (χ1v) is 7.77. The molecule has 1 rings (SSSR count). The Balaban J connectivity index is 3.05. The second kappa shape index (κ2) is 8.63. The van der Waals surface area contributed by atoms with Crippen LogP contribution in [0.15, 0.2) is 30.4 Å². The van der Waals surface area contributed by atoms with Crippen molar-refractivity contribution in [3.8, 4) is 0 Å². The SMILES string of the molecule is C/C=C/C(=O)N(CCN(CC)CC)c1c(C)cccc1C. The van der Waals surface area contributed by atoms with Gasteiger partial charge in [0.05, 0.1) is 0 Å². The second-order valence-corrected chi connectivity index (χ2v) is 5.26. The van der Waals surface area contributed by atoms with Gasteiger partial charge >= 0.3 is 0 Å². The first kappa shape index (κ1) is 17.4. The van der Waals surface area contributed by atoms with Crippen molar-refractivity contribution in [3.63, 3.8) is 0 Å². The van der Waals surface area contributed by atoms with Crippen LogP contribution in [0.4, 0.5) is 5.69 Å². The highest BCUT2D eigenvalue weighted by Crippen LogP contribution is 2.24. The highest BCUT2D eigenvalue weighted by atomic mass is 16.2. The summed E-state index contributed by atoms with van der Waals surface area (Å²) in [6, 6.07) is 6.17. The molecule has 3 nitrogen and oxygen atoms in total. The predicted molar refractivity (Wildman–Crippen MR) is 90.9 cm³/mol. The van der Waals surface area contributed by atoms with E-state index in [1.165, 1.54) is 0 Å². The van der Waals surface area contributed by atoms with E-state index in [-0.39, 0.29) is 5.91 Å². The summed E-state index contributed by atoms with van der Waals surface area (Å²) >= 11 is 0. The highest BCUT2D eigenvalue weighted by Gasteiger charge is 2.17. The van der Waals surface area contributed by atoms with Crippen LogP contribution in [0, 0.1) is 13.8 Å². The van der Waals surface area contributed by atoms with Crippen LogP contribution in [-0.2, 0) is 4.79 Å². The zero-order chi connectivity index (χ0) is 15.8. The number of anilines is 1. The lowest BCUT2D eigenvalue weighted by Gasteiger charge is -2.28. The molecular weight excluding hydrogens is 260 g/mol. The molecule has 0 aliphatic carbocycles. The van der Waals surface area contributed by atoms with Crippen LogP contribution in [0.5, 0.6) is 0 Å². The molecule has 116 valence electrons. The number of carbonyl (C=O) groups is 1. The van der Waals surface area contributed by atoms with Crippen LogP contribution >= 0.6 is 0 Å². The third kappa shape index (κ3) is 4.71. The molecule has 0 N–H and O–H groups in total. The number of likely N-dealkylation sites (N-methyl/N-ethyl adjacent to an activating group) is 1. The maximum atomic E-state index is 12.5. The standard InChI is InChI=1S/C18H28N2O/c1-6-10-17(21)20(14-13-19(7-2)8-3)18-15(4)11-9-12-16(18)5/h6,9-12H,7-8,13-14H2,1-5H3/b10-6+. The fourth-order valence-corrected chi connectivity index (χ4v) is 2.58. The van der Waals surface area contributed by atoms with Gasteiger partial charge in [-0.2, -0.15) is 0 Å². The lowest BCUT2D eigenvalue weighted by atomic mass is 10.1. The molecule has 0 aromatic heterocycles. The first-order chi connectivity index (χ1) is 10.0. The number of para-hydroxylation sites is 1. The maximum Gasteiger partial charge on any atom is 0.250 e. The van der Waals surface area contributed by atoms with Crippen molar-refractivity contribution in [2.45, 2.75) is 34.6 Å². The largest absolute Gasteiger partial charge is 0.307 e. The van der Waals surface area contributed by atoms with E-state index in [9.17, 15) is 4.79 Å². The highest BCUT2D eigenvalue weighted by molar-refractivity contribution is 6.02. The van der Waals surface area contributed by atoms with E-state index in [0.717, 1.165) is 43.0 Å². The smallest absolute Gasteiger partial charge is 0.250 e. The minimum atomic E-state index is 0.0575. The van der Waals surface area contributed by atoms with Crippen molar-refractivity contribution in [2.75, 3.05) is 31.1 Å². The Kier molecular flexibility index (Phi) is 7.17. The molecule has 0 heterocycles. The molecule has 1 amide bonds. The Hall–Kier alpha value is -1.61. The summed E-state index contributed by atoms with van der Waals surface area (Å²) in [7, 11) is 0. The van der Waals surface area contributed by atoms with E-state index in [0.29, 0.717) is 0 Å². The zero-order valence-electron chi connectivity index (χ0n) is 14.0. The Bertz CT molecular complexity index is 470. The average Bonchev–Trinajstić information content (AvgIpc) is 2.46. The number of aryl methyl sites for hydroxylation is 2. The minimum absolute atomic E-state index is 0.0575. The number of benzene rings is 1. The molecular formula is C18H28N2O. The summed E-state index contributed by atoms with van der Waals surface area (Å²) < 4.78 is 0. The van der Waals surface area contributed by atoms with Gasteiger partial charge in [-0.15, -0.1) is 0 Å². The summed E-state index contributed by atoms with van der Waals surface area (Å²) in [4.78, 5) is 16.7. The van der Waals surface area contributed by atoms with Gasteiger partial charge in [0.15, 0.2) is 0 Å². The molecule has 0 unspecified atom stereocenters. The van der Waals surface area contributed by atoms with Gasteiger partial charge in [0.1, 0.15) is 0 Å². The van der Waals surface area contributed by atoms with E-state index in [1.54, 1.807) is 12.2 Å². The lowest BCUT2D eigenvalue weighted by molar-refractivity contribution is -0.114. The van der Waals surface area contributed by atoms with Crippen LogP contribution in [0.2, 0.25) is 0 Å². The van der Waals surface area contributed by atoms with Crippen molar-refractivity contribution in [1.29, 1.82) is 0 Å². The summed E-state index contributed by atoms with van der Waals surface area (Å²) in [5.41, 5.74) is 3.34. The zero-order valence-corrected chi connectivity index (χ0v) is 14.0. The van der Waals surface area contributed by atoms with Crippen LogP contribution in [-0.4, -0.2) is 37.0 Å². The van der Waals surface area contributed by atoms with Crippen molar-refractivity contribution in [2.24, 2.45) is 0 Å². The van der Waals surface area contributed by atoms with E-state index in [1.807, 2.05) is 17.9 Å². The molecule has 3 heteroatoms.